The van der Waals surface area contributed by atoms with Gasteiger partial charge in [-0.2, -0.15) is 0 Å². The first-order chi connectivity index (χ1) is 13.8. The van der Waals surface area contributed by atoms with Crippen molar-refractivity contribution in [2.24, 2.45) is 4.99 Å². The fourth-order valence-electron chi connectivity index (χ4n) is 3.94. The molecule has 0 saturated carbocycles. The molecule has 6 nitrogen and oxygen atoms in total. The monoisotopic (exact) mass is 379 g/mol. The van der Waals surface area contributed by atoms with E-state index in [1.54, 1.807) is 6.26 Å². The molecule has 1 unspecified atom stereocenters. The van der Waals surface area contributed by atoms with Crippen LogP contribution in [0.2, 0.25) is 0 Å². The zero-order valence-corrected chi connectivity index (χ0v) is 16.4. The van der Waals surface area contributed by atoms with E-state index in [1.165, 1.54) is 24.6 Å². The van der Waals surface area contributed by atoms with Crippen molar-refractivity contribution in [3.05, 3.63) is 60.2 Å². The Bertz CT molecular complexity index is 860. The smallest absolute Gasteiger partial charge is 0.191 e. The maximum Gasteiger partial charge on any atom is 0.191 e. The van der Waals surface area contributed by atoms with Crippen LogP contribution < -0.4 is 10.6 Å². The summed E-state index contributed by atoms with van der Waals surface area (Å²) < 4.78 is 5.73. The van der Waals surface area contributed by atoms with Crippen LogP contribution in [0.3, 0.4) is 0 Å². The molecule has 1 atom stereocenters. The molecule has 0 spiro atoms. The second-order valence-electron chi connectivity index (χ2n) is 7.32. The molecule has 6 heteroatoms. The first kappa shape index (κ1) is 18.6. The lowest BCUT2D eigenvalue weighted by Gasteiger charge is -2.33. The van der Waals surface area contributed by atoms with E-state index in [0.717, 1.165) is 42.6 Å². The van der Waals surface area contributed by atoms with Crippen molar-refractivity contribution in [3.63, 3.8) is 0 Å². The first-order valence-electron chi connectivity index (χ1n) is 10.1. The number of likely N-dealkylation sites (tertiary alicyclic amines) is 1. The lowest BCUT2D eigenvalue weighted by molar-refractivity contribution is 0.146. The SMILES string of the molecule is CN=C(NCc1cc2ccccc2[nH]1)NCC(c1ccco1)N1CCCCC1. The Morgan fingerprint density at radius 2 is 2.00 bits per heavy atom. The van der Waals surface area contributed by atoms with Gasteiger partial charge in [0.1, 0.15) is 5.76 Å². The molecular weight excluding hydrogens is 350 g/mol. The molecule has 1 saturated heterocycles. The van der Waals surface area contributed by atoms with Gasteiger partial charge in [-0.25, -0.2) is 0 Å². The molecule has 28 heavy (non-hydrogen) atoms. The minimum Gasteiger partial charge on any atom is -0.468 e. The van der Waals surface area contributed by atoms with E-state index in [-0.39, 0.29) is 6.04 Å². The van der Waals surface area contributed by atoms with Crippen LogP contribution in [0.4, 0.5) is 0 Å². The average molecular weight is 380 g/mol. The molecule has 1 aliphatic heterocycles. The minimum absolute atomic E-state index is 0.224. The van der Waals surface area contributed by atoms with Gasteiger partial charge in [0.2, 0.25) is 0 Å². The van der Waals surface area contributed by atoms with Crippen LogP contribution in [0.5, 0.6) is 0 Å². The minimum atomic E-state index is 0.224. The molecular formula is C22H29N5O. The van der Waals surface area contributed by atoms with Gasteiger partial charge in [-0.1, -0.05) is 24.6 Å². The quantitative estimate of drug-likeness (QED) is 0.452. The molecule has 4 rings (SSSR count). The van der Waals surface area contributed by atoms with Crippen LogP contribution in [-0.4, -0.2) is 42.5 Å². The number of hydrogen-bond acceptors (Lipinski definition) is 3. The highest BCUT2D eigenvalue weighted by atomic mass is 16.3. The third-order valence-electron chi connectivity index (χ3n) is 5.42. The Morgan fingerprint density at radius 1 is 1.14 bits per heavy atom. The third kappa shape index (κ3) is 4.39. The summed E-state index contributed by atoms with van der Waals surface area (Å²) in [6.07, 6.45) is 5.59. The number of piperidine rings is 1. The van der Waals surface area contributed by atoms with Gasteiger partial charge in [-0.3, -0.25) is 9.89 Å². The average Bonchev–Trinajstić information content (AvgIpc) is 3.41. The summed E-state index contributed by atoms with van der Waals surface area (Å²) in [6.45, 7) is 3.70. The van der Waals surface area contributed by atoms with Gasteiger partial charge in [0.15, 0.2) is 5.96 Å². The molecule has 2 aromatic heterocycles. The topological polar surface area (TPSA) is 68.6 Å². The van der Waals surface area contributed by atoms with Crippen LogP contribution in [0.15, 0.2) is 58.1 Å². The van der Waals surface area contributed by atoms with Crippen LogP contribution in [-0.2, 0) is 6.54 Å². The number of fused-ring (bicyclic) bond motifs is 1. The number of furan rings is 1. The second kappa shape index (κ2) is 8.97. The first-order valence-corrected chi connectivity index (χ1v) is 10.1. The Morgan fingerprint density at radius 3 is 2.75 bits per heavy atom. The van der Waals surface area contributed by atoms with E-state index >= 15 is 0 Å². The maximum absolute atomic E-state index is 5.73. The third-order valence-corrected chi connectivity index (χ3v) is 5.42. The normalized spacial score (nSPS) is 17.0. The molecule has 3 N–H and O–H groups in total. The van der Waals surface area contributed by atoms with Gasteiger partial charge in [0.25, 0.3) is 0 Å². The van der Waals surface area contributed by atoms with Gasteiger partial charge in [0.05, 0.1) is 18.8 Å². The Balaban J connectivity index is 1.36. The number of benzene rings is 1. The Hall–Kier alpha value is -2.73. The van der Waals surface area contributed by atoms with Gasteiger partial charge >= 0.3 is 0 Å². The van der Waals surface area contributed by atoms with Gasteiger partial charge < -0.3 is 20.0 Å². The lowest BCUT2D eigenvalue weighted by atomic mass is 10.1. The highest BCUT2D eigenvalue weighted by molar-refractivity contribution is 5.81. The van der Waals surface area contributed by atoms with Crippen LogP contribution in [0, 0.1) is 0 Å². The van der Waals surface area contributed by atoms with E-state index in [4.69, 9.17) is 4.42 Å². The number of nitrogens with zero attached hydrogens (tertiary/aromatic N) is 2. The molecule has 1 fully saturated rings. The molecule has 0 aliphatic carbocycles. The summed E-state index contributed by atoms with van der Waals surface area (Å²) in [5.41, 5.74) is 2.30. The molecule has 1 aliphatic rings. The summed E-state index contributed by atoms with van der Waals surface area (Å²) in [7, 11) is 1.81. The van der Waals surface area contributed by atoms with Crippen LogP contribution >= 0.6 is 0 Å². The number of rotatable bonds is 6. The number of H-pyrrole nitrogens is 1. The highest BCUT2D eigenvalue weighted by Crippen LogP contribution is 2.24. The molecule has 148 valence electrons. The molecule has 0 radical (unpaired) electrons. The second-order valence-corrected chi connectivity index (χ2v) is 7.32. The molecule has 0 amide bonds. The van der Waals surface area contributed by atoms with E-state index in [9.17, 15) is 0 Å². The lowest BCUT2D eigenvalue weighted by Crippen LogP contribution is -2.44. The van der Waals surface area contributed by atoms with Crippen LogP contribution in [0.25, 0.3) is 10.9 Å². The maximum atomic E-state index is 5.73. The van der Waals surface area contributed by atoms with E-state index < -0.39 is 0 Å². The van der Waals surface area contributed by atoms with Crippen LogP contribution in [0.1, 0.15) is 36.8 Å². The van der Waals surface area contributed by atoms with Crippen molar-refractivity contribution in [1.29, 1.82) is 0 Å². The van der Waals surface area contributed by atoms with E-state index in [2.05, 4.69) is 55.8 Å². The summed E-state index contributed by atoms with van der Waals surface area (Å²) in [5.74, 6) is 1.81. The highest BCUT2D eigenvalue weighted by Gasteiger charge is 2.24. The zero-order chi connectivity index (χ0) is 19.2. The van der Waals surface area contributed by atoms with Crippen molar-refractivity contribution in [2.45, 2.75) is 31.8 Å². The molecule has 1 aromatic carbocycles. The number of guanidine groups is 1. The van der Waals surface area contributed by atoms with Crippen molar-refractivity contribution in [2.75, 3.05) is 26.7 Å². The van der Waals surface area contributed by atoms with Gasteiger partial charge in [-0.15, -0.1) is 0 Å². The number of aliphatic imine (C=N–C) groups is 1. The van der Waals surface area contributed by atoms with Gasteiger partial charge in [-0.05, 0) is 55.6 Å². The largest absolute Gasteiger partial charge is 0.468 e. The van der Waals surface area contributed by atoms with Gasteiger partial charge in [0, 0.05) is 24.8 Å². The fourth-order valence-corrected chi connectivity index (χ4v) is 3.94. The summed E-state index contributed by atoms with van der Waals surface area (Å²) >= 11 is 0. The van der Waals surface area contributed by atoms with E-state index in [0.29, 0.717) is 6.54 Å². The van der Waals surface area contributed by atoms with Crippen molar-refractivity contribution in [1.82, 2.24) is 20.5 Å². The Kier molecular flexibility index (Phi) is 5.97. The molecule has 0 bridgehead atoms. The predicted octanol–water partition coefficient (Wildman–Crippen LogP) is 3.65. The number of aromatic nitrogens is 1. The number of aromatic amines is 1. The fraction of sp³-hybridized carbons (Fsp3) is 0.409. The van der Waals surface area contributed by atoms with Crippen molar-refractivity contribution >= 4 is 16.9 Å². The molecule has 3 aromatic rings. The summed E-state index contributed by atoms with van der Waals surface area (Å²) in [5, 5.41) is 8.12. The Labute approximate surface area is 166 Å². The molecule has 3 heterocycles. The van der Waals surface area contributed by atoms with E-state index in [1.807, 2.05) is 19.2 Å². The predicted molar refractivity (Wildman–Crippen MR) is 113 cm³/mol. The summed E-state index contributed by atoms with van der Waals surface area (Å²) in [4.78, 5) is 10.3. The zero-order valence-electron chi connectivity index (χ0n) is 16.4. The van der Waals surface area contributed by atoms with Crippen molar-refractivity contribution < 1.29 is 4.42 Å². The number of para-hydroxylation sites is 1. The number of nitrogens with one attached hydrogen (secondary N) is 3. The van der Waals surface area contributed by atoms with Crippen molar-refractivity contribution in [3.8, 4) is 0 Å². The standard InChI is InChI=1S/C22H29N5O/c1-23-22(24-15-18-14-17-8-3-4-9-19(17)26-18)25-16-20(21-10-7-13-28-21)27-11-5-2-6-12-27/h3-4,7-10,13-14,20,26H,2,5-6,11-12,15-16H2,1H3,(H2,23,24,25). The summed E-state index contributed by atoms with van der Waals surface area (Å²) in [6, 6.07) is 14.8. The number of hydrogen-bond donors (Lipinski definition) is 3.